The lowest BCUT2D eigenvalue weighted by atomic mass is 10.1. The van der Waals surface area contributed by atoms with Gasteiger partial charge in [0, 0.05) is 11.6 Å². The van der Waals surface area contributed by atoms with E-state index < -0.39 is 5.82 Å². The van der Waals surface area contributed by atoms with E-state index in [1.807, 2.05) is 6.07 Å². The van der Waals surface area contributed by atoms with Gasteiger partial charge in [-0.3, -0.25) is 4.79 Å². The second-order valence-electron chi connectivity index (χ2n) is 3.23. The molecule has 2 nitrogen and oxygen atoms in total. The molecule has 3 heteroatoms. The van der Waals surface area contributed by atoms with Crippen LogP contribution >= 0.6 is 0 Å². The summed E-state index contributed by atoms with van der Waals surface area (Å²) in [6, 6.07) is 10.1. The molecule has 0 spiro atoms. The van der Waals surface area contributed by atoms with Gasteiger partial charge in [0.2, 0.25) is 0 Å². The van der Waals surface area contributed by atoms with E-state index in [2.05, 4.69) is 0 Å². The number of hydrogen-bond donors (Lipinski definition) is 0. The van der Waals surface area contributed by atoms with E-state index in [1.165, 1.54) is 18.2 Å². The third-order valence-corrected chi connectivity index (χ3v) is 2.05. The van der Waals surface area contributed by atoms with Gasteiger partial charge in [-0.2, -0.15) is 0 Å². The van der Waals surface area contributed by atoms with Crippen molar-refractivity contribution in [3.05, 3.63) is 65.9 Å². The van der Waals surface area contributed by atoms with Crippen LogP contribution in [0.5, 0.6) is 0 Å². The molecule has 1 heterocycles. The molecule has 0 fully saturated rings. The summed E-state index contributed by atoms with van der Waals surface area (Å²) in [6.45, 7) is 0. The molecule has 0 aliphatic rings. The maximum atomic E-state index is 12.6. The first-order valence-corrected chi connectivity index (χ1v) is 4.77. The Morgan fingerprint density at radius 3 is 2.62 bits per heavy atom. The molecule has 0 saturated heterocycles. The first-order chi connectivity index (χ1) is 7.75. The Labute approximate surface area is 92.0 Å². The van der Waals surface area contributed by atoms with Crippen molar-refractivity contribution in [3.63, 3.8) is 0 Å². The number of carbonyl (C=O) groups excluding carboxylic acids is 1. The van der Waals surface area contributed by atoms with Gasteiger partial charge in [-0.15, -0.1) is 0 Å². The van der Waals surface area contributed by atoms with Crippen LogP contribution in [0.2, 0.25) is 0 Å². The molecule has 1 aromatic heterocycles. The molecule has 2 aromatic rings. The Morgan fingerprint density at radius 1 is 1.25 bits per heavy atom. The number of rotatable bonds is 3. The highest BCUT2D eigenvalue weighted by atomic mass is 19.1. The molecule has 0 radical (unpaired) electrons. The minimum Gasteiger partial charge on any atom is -0.462 e. The van der Waals surface area contributed by atoms with Gasteiger partial charge >= 0.3 is 0 Å². The number of allylic oxidation sites excluding steroid dienone is 1. The molecular weight excluding hydrogens is 207 g/mol. The summed E-state index contributed by atoms with van der Waals surface area (Å²) in [6.07, 6.45) is 3.79. The van der Waals surface area contributed by atoms with Crippen LogP contribution in [0.1, 0.15) is 16.1 Å². The van der Waals surface area contributed by atoms with Crippen LogP contribution < -0.4 is 0 Å². The number of halogens is 1. The average Bonchev–Trinajstić information content (AvgIpc) is 2.73. The number of benzene rings is 1. The van der Waals surface area contributed by atoms with Crippen molar-refractivity contribution in [1.82, 2.24) is 0 Å². The number of hydrogen-bond acceptors (Lipinski definition) is 2. The third kappa shape index (κ3) is 2.45. The third-order valence-electron chi connectivity index (χ3n) is 2.05. The van der Waals surface area contributed by atoms with Gasteiger partial charge in [0.1, 0.15) is 12.0 Å². The van der Waals surface area contributed by atoms with Crippen LogP contribution in [-0.4, -0.2) is 5.78 Å². The number of carbonyl (C=O) groups is 1. The molecule has 0 bridgehead atoms. The highest BCUT2D eigenvalue weighted by Crippen LogP contribution is 2.09. The van der Waals surface area contributed by atoms with Crippen LogP contribution in [-0.2, 0) is 0 Å². The molecule has 0 saturated carbocycles. The van der Waals surface area contributed by atoms with Gasteiger partial charge in [0.15, 0.2) is 11.6 Å². The Hall–Kier alpha value is -2.16. The van der Waals surface area contributed by atoms with Crippen molar-refractivity contribution >= 4 is 11.9 Å². The van der Waals surface area contributed by atoms with Crippen molar-refractivity contribution < 1.29 is 13.6 Å². The Kier molecular flexibility index (Phi) is 2.96. The maximum Gasteiger partial charge on any atom is 0.185 e. The second-order valence-corrected chi connectivity index (χ2v) is 3.23. The zero-order valence-corrected chi connectivity index (χ0v) is 8.39. The molecule has 80 valence electrons. The lowest BCUT2D eigenvalue weighted by Gasteiger charge is -1.92. The summed E-state index contributed by atoms with van der Waals surface area (Å²) in [5.41, 5.74) is 0.589. The minimum absolute atomic E-state index is 0.141. The first-order valence-electron chi connectivity index (χ1n) is 4.77. The molecule has 0 unspecified atom stereocenters. The van der Waals surface area contributed by atoms with Crippen LogP contribution in [0.3, 0.4) is 0 Å². The van der Waals surface area contributed by atoms with E-state index in [4.69, 9.17) is 4.42 Å². The van der Waals surface area contributed by atoms with E-state index in [0.717, 1.165) is 6.26 Å². The maximum absolute atomic E-state index is 12.6. The Balaban J connectivity index is 2.11. The zero-order chi connectivity index (χ0) is 11.4. The second kappa shape index (κ2) is 4.57. The smallest absolute Gasteiger partial charge is 0.185 e. The molecule has 0 aliphatic heterocycles. The van der Waals surface area contributed by atoms with Crippen LogP contribution in [0.25, 0.3) is 6.08 Å². The number of furan rings is 1. The van der Waals surface area contributed by atoms with Gasteiger partial charge in [-0.05, 0) is 12.2 Å². The summed E-state index contributed by atoms with van der Waals surface area (Å²) in [5.74, 6) is -0.272. The minimum atomic E-state index is -0.452. The predicted molar refractivity (Wildman–Crippen MR) is 58.5 cm³/mol. The molecule has 0 aliphatic carbocycles. The van der Waals surface area contributed by atoms with Gasteiger partial charge in [-0.25, -0.2) is 4.39 Å². The molecule has 2 rings (SSSR count). The quantitative estimate of drug-likeness (QED) is 0.582. The van der Waals surface area contributed by atoms with E-state index in [0.29, 0.717) is 11.3 Å². The fourth-order valence-corrected chi connectivity index (χ4v) is 1.27. The van der Waals surface area contributed by atoms with Crippen molar-refractivity contribution in [2.24, 2.45) is 0 Å². The van der Waals surface area contributed by atoms with Gasteiger partial charge in [0.05, 0.1) is 0 Å². The summed E-state index contributed by atoms with van der Waals surface area (Å²) >= 11 is 0. The van der Waals surface area contributed by atoms with E-state index in [9.17, 15) is 9.18 Å². The highest BCUT2D eigenvalue weighted by Gasteiger charge is 2.01. The monoisotopic (exact) mass is 216 g/mol. The molecule has 0 amide bonds. The molecule has 0 atom stereocenters. The van der Waals surface area contributed by atoms with Gasteiger partial charge < -0.3 is 4.42 Å². The highest BCUT2D eigenvalue weighted by molar-refractivity contribution is 6.06. The van der Waals surface area contributed by atoms with Gasteiger partial charge in [0.25, 0.3) is 0 Å². The fourth-order valence-electron chi connectivity index (χ4n) is 1.27. The first kappa shape index (κ1) is 10.4. The molecule has 0 N–H and O–H groups in total. The normalized spacial score (nSPS) is 10.8. The van der Waals surface area contributed by atoms with Crippen molar-refractivity contribution in [3.8, 4) is 0 Å². The molecular formula is C13H9FO2. The van der Waals surface area contributed by atoms with Crippen LogP contribution in [0.15, 0.2) is 53.2 Å². The zero-order valence-electron chi connectivity index (χ0n) is 8.39. The van der Waals surface area contributed by atoms with E-state index in [1.54, 1.807) is 24.3 Å². The topological polar surface area (TPSA) is 30.2 Å². The molecule has 16 heavy (non-hydrogen) atoms. The van der Waals surface area contributed by atoms with Crippen molar-refractivity contribution in [2.45, 2.75) is 0 Å². The van der Waals surface area contributed by atoms with Crippen LogP contribution in [0.4, 0.5) is 4.39 Å². The fraction of sp³-hybridized carbons (Fsp3) is 0. The summed E-state index contributed by atoms with van der Waals surface area (Å²) < 4.78 is 17.4. The SMILES string of the molecule is O=C(/C=C/c1cc(F)co1)c1ccccc1. The number of ketones is 1. The van der Waals surface area contributed by atoms with Crippen molar-refractivity contribution in [2.75, 3.05) is 0 Å². The summed E-state index contributed by atoms with van der Waals surface area (Å²) in [4.78, 5) is 11.6. The van der Waals surface area contributed by atoms with Crippen LogP contribution in [0, 0.1) is 5.82 Å². The Bertz CT molecular complexity index is 512. The molecule has 1 aromatic carbocycles. The lowest BCUT2D eigenvalue weighted by molar-refractivity contribution is 0.104. The largest absolute Gasteiger partial charge is 0.462 e. The lowest BCUT2D eigenvalue weighted by Crippen LogP contribution is -1.92. The predicted octanol–water partition coefficient (Wildman–Crippen LogP) is 3.31. The standard InChI is InChI=1S/C13H9FO2/c14-11-8-12(16-9-11)6-7-13(15)10-4-2-1-3-5-10/h1-9H/b7-6+. The van der Waals surface area contributed by atoms with E-state index in [-0.39, 0.29) is 5.78 Å². The average molecular weight is 216 g/mol. The van der Waals surface area contributed by atoms with Gasteiger partial charge in [-0.1, -0.05) is 30.3 Å². The van der Waals surface area contributed by atoms with E-state index >= 15 is 0 Å². The van der Waals surface area contributed by atoms with Crippen molar-refractivity contribution in [1.29, 1.82) is 0 Å². The summed E-state index contributed by atoms with van der Waals surface area (Å²) in [5, 5.41) is 0. The summed E-state index contributed by atoms with van der Waals surface area (Å²) in [7, 11) is 0. The Morgan fingerprint density at radius 2 is 2.00 bits per heavy atom.